The van der Waals surface area contributed by atoms with E-state index in [0.29, 0.717) is 21.7 Å². The summed E-state index contributed by atoms with van der Waals surface area (Å²) in [6.45, 7) is 0.908. The molecular formula is C20H17ClN6O3S2. The number of para-hydroxylation sites is 1. The van der Waals surface area contributed by atoms with Crippen LogP contribution in [-0.4, -0.2) is 68.2 Å². The van der Waals surface area contributed by atoms with Crippen LogP contribution in [0.3, 0.4) is 0 Å². The fraction of sp³-hybridized carbons (Fsp3) is 0.200. The first-order chi connectivity index (χ1) is 15.4. The lowest BCUT2D eigenvalue weighted by atomic mass is 10.3. The van der Waals surface area contributed by atoms with Crippen LogP contribution in [0.15, 0.2) is 59.6 Å². The van der Waals surface area contributed by atoms with Crippen LogP contribution in [0.1, 0.15) is 10.5 Å². The number of rotatable bonds is 4. The molecule has 32 heavy (non-hydrogen) atoms. The van der Waals surface area contributed by atoms with Gasteiger partial charge in [-0.15, -0.1) is 0 Å². The van der Waals surface area contributed by atoms with E-state index in [-0.39, 0.29) is 42.7 Å². The zero-order valence-electron chi connectivity index (χ0n) is 16.6. The van der Waals surface area contributed by atoms with E-state index in [0.717, 1.165) is 11.7 Å². The first kappa shape index (κ1) is 21.0. The topological polar surface area (TPSA) is 101 Å². The normalized spacial score (nSPS) is 15.3. The summed E-state index contributed by atoms with van der Waals surface area (Å²) in [6.07, 6.45) is 1.68. The zero-order chi connectivity index (χ0) is 22.3. The van der Waals surface area contributed by atoms with Gasteiger partial charge < -0.3 is 4.90 Å². The summed E-state index contributed by atoms with van der Waals surface area (Å²) in [6, 6.07) is 13.8. The molecule has 1 aliphatic rings. The maximum absolute atomic E-state index is 13.2. The van der Waals surface area contributed by atoms with E-state index < -0.39 is 10.0 Å². The van der Waals surface area contributed by atoms with E-state index >= 15 is 0 Å². The Morgan fingerprint density at radius 1 is 0.969 bits per heavy atom. The van der Waals surface area contributed by atoms with Crippen LogP contribution in [0.2, 0.25) is 5.02 Å². The van der Waals surface area contributed by atoms with Crippen LogP contribution in [0.5, 0.6) is 0 Å². The zero-order valence-corrected chi connectivity index (χ0v) is 19.0. The van der Waals surface area contributed by atoms with Crippen molar-refractivity contribution < 1.29 is 13.2 Å². The van der Waals surface area contributed by atoms with Crippen molar-refractivity contribution in [3.05, 3.63) is 65.4 Å². The summed E-state index contributed by atoms with van der Waals surface area (Å²) < 4.78 is 37.5. The maximum atomic E-state index is 13.2. The molecule has 1 amide bonds. The summed E-state index contributed by atoms with van der Waals surface area (Å²) in [7, 11) is -3.74. The van der Waals surface area contributed by atoms with Gasteiger partial charge in [-0.1, -0.05) is 29.8 Å². The van der Waals surface area contributed by atoms with Crippen molar-refractivity contribution in [3.8, 4) is 5.69 Å². The van der Waals surface area contributed by atoms with Crippen LogP contribution < -0.4 is 0 Å². The van der Waals surface area contributed by atoms with Gasteiger partial charge in [0.25, 0.3) is 5.91 Å². The highest BCUT2D eigenvalue weighted by Crippen LogP contribution is 2.25. The number of sulfonamides is 1. The van der Waals surface area contributed by atoms with Crippen LogP contribution >= 0.6 is 23.3 Å². The van der Waals surface area contributed by atoms with Gasteiger partial charge in [-0.25, -0.2) is 13.1 Å². The van der Waals surface area contributed by atoms with Crippen LogP contribution in [0.4, 0.5) is 0 Å². The second-order valence-corrected chi connectivity index (χ2v) is 10.0. The molecule has 1 fully saturated rings. The molecule has 164 valence electrons. The largest absolute Gasteiger partial charge is 0.335 e. The lowest BCUT2D eigenvalue weighted by molar-refractivity contribution is 0.0691. The van der Waals surface area contributed by atoms with E-state index in [1.165, 1.54) is 10.4 Å². The summed E-state index contributed by atoms with van der Waals surface area (Å²) >= 11 is 7.19. The first-order valence-electron chi connectivity index (χ1n) is 9.76. The molecule has 1 aliphatic heterocycles. The summed E-state index contributed by atoms with van der Waals surface area (Å²) in [4.78, 5) is 14.7. The van der Waals surface area contributed by atoms with E-state index in [2.05, 4.69) is 13.8 Å². The first-order valence-corrected chi connectivity index (χ1v) is 12.3. The number of carbonyl (C=O) groups excluding carboxylic acids is 1. The summed E-state index contributed by atoms with van der Waals surface area (Å²) in [5, 5.41) is 4.88. The lowest BCUT2D eigenvalue weighted by Gasteiger charge is -2.33. The van der Waals surface area contributed by atoms with Crippen molar-refractivity contribution in [3.63, 3.8) is 0 Å². The Kier molecular flexibility index (Phi) is 5.41. The molecule has 9 nitrogen and oxygen atoms in total. The molecule has 0 atom stereocenters. The number of carbonyl (C=O) groups is 1. The Balaban J connectivity index is 1.30. The monoisotopic (exact) mass is 488 g/mol. The maximum Gasteiger partial charge on any atom is 0.274 e. The standard InChI is InChI=1S/C20H17ClN6O3S2/c21-14-4-1-2-6-17(14)27-9-8-16(22-27)20(28)25-10-12-26(13-11-25)32(29,30)18-7-3-5-15-19(18)24-31-23-15/h1-9H,10-13H2. The van der Waals surface area contributed by atoms with Crippen molar-refractivity contribution in [1.29, 1.82) is 0 Å². The predicted molar refractivity (Wildman–Crippen MR) is 121 cm³/mol. The van der Waals surface area contributed by atoms with Crippen molar-refractivity contribution in [2.45, 2.75) is 4.90 Å². The molecule has 0 N–H and O–H groups in total. The molecule has 0 saturated carbocycles. The smallest absolute Gasteiger partial charge is 0.274 e. The van der Waals surface area contributed by atoms with E-state index in [4.69, 9.17) is 11.6 Å². The molecule has 1 saturated heterocycles. The number of amides is 1. The predicted octanol–water partition coefficient (Wildman–Crippen LogP) is 2.68. The molecule has 12 heteroatoms. The minimum Gasteiger partial charge on any atom is -0.335 e. The van der Waals surface area contributed by atoms with Crippen LogP contribution in [0, 0.1) is 0 Å². The van der Waals surface area contributed by atoms with Gasteiger partial charge in [-0.3, -0.25) is 4.79 Å². The van der Waals surface area contributed by atoms with E-state index in [1.54, 1.807) is 40.0 Å². The average Bonchev–Trinajstić information content (AvgIpc) is 3.48. The molecule has 3 heterocycles. The van der Waals surface area contributed by atoms with E-state index in [1.807, 2.05) is 18.2 Å². The number of hydrogen-bond acceptors (Lipinski definition) is 7. The molecule has 0 unspecified atom stereocenters. The molecule has 0 aliphatic carbocycles. The number of hydrogen-bond donors (Lipinski definition) is 0. The van der Waals surface area contributed by atoms with Crippen molar-refractivity contribution in [1.82, 2.24) is 27.7 Å². The highest BCUT2D eigenvalue weighted by Gasteiger charge is 2.32. The Morgan fingerprint density at radius 2 is 1.75 bits per heavy atom. The Labute approximate surface area is 193 Å². The number of fused-ring (bicyclic) bond motifs is 1. The van der Waals surface area contributed by atoms with Crippen molar-refractivity contribution in [2.24, 2.45) is 0 Å². The SMILES string of the molecule is O=C(c1ccn(-c2ccccc2Cl)n1)N1CCN(S(=O)(=O)c2cccc3nsnc23)CC1. The van der Waals surface area contributed by atoms with Gasteiger partial charge in [0.1, 0.15) is 15.9 Å². The minimum atomic E-state index is -3.74. The number of aromatic nitrogens is 4. The molecule has 2 aromatic carbocycles. The average molecular weight is 489 g/mol. The fourth-order valence-corrected chi connectivity index (χ4v) is 6.03. The summed E-state index contributed by atoms with van der Waals surface area (Å²) in [5.41, 5.74) is 1.88. The molecule has 0 bridgehead atoms. The Hall–Kier alpha value is -2.86. The second-order valence-electron chi connectivity index (χ2n) is 7.18. The van der Waals surface area contributed by atoms with Gasteiger partial charge in [-0.2, -0.15) is 18.2 Å². The molecule has 2 aromatic heterocycles. The number of halogens is 1. The van der Waals surface area contributed by atoms with Gasteiger partial charge in [0.15, 0.2) is 5.69 Å². The van der Waals surface area contributed by atoms with Gasteiger partial charge >= 0.3 is 0 Å². The van der Waals surface area contributed by atoms with Gasteiger partial charge in [0.2, 0.25) is 10.0 Å². The lowest BCUT2D eigenvalue weighted by Crippen LogP contribution is -2.50. The molecule has 0 radical (unpaired) electrons. The van der Waals surface area contributed by atoms with Gasteiger partial charge in [0, 0.05) is 32.4 Å². The quantitative estimate of drug-likeness (QED) is 0.437. The molecule has 4 aromatic rings. The van der Waals surface area contributed by atoms with E-state index in [9.17, 15) is 13.2 Å². The molecule has 5 rings (SSSR count). The highest BCUT2D eigenvalue weighted by molar-refractivity contribution is 7.89. The third-order valence-electron chi connectivity index (χ3n) is 5.30. The van der Waals surface area contributed by atoms with Gasteiger partial charge in [-0.05, 0) is 30.3 Å². The minimum absolute atomic E-state index is 0.141. The summed E-state index contributed by atoms with van der Waals surface area (Å²) in [5.74, 6) is -0.251. The molecular weight excluding hydrogens is 472 g/mol. The third kappa shape index (κ3) is 3.66. The van der Waals surface area contributed by atoms with Crippen LogP contribution in [0.25, 0.3) is 16.7 Å². The second kappa shape index (κ2) is 8.24. The number of benzene rings is 2. The Morgan fingerprint density at radius 3 is 2.53 bits per heavy atom. The molecule has 0 spiro atoms. The van der Waals surface area contributed by atoms with Crippen molar-refractivity contribution in [2.75, 3.05) is 26.2 Å². The fourth-order valence-electron chi connectivity index (χ4n) is 3.63. The van der Waals surface area contributed by atoms with Crippen LogP contribution in [-0.2, 0) is 10.0 Å². The number of piperazine rings is 1. The highest BCUT2D eigenvalue weighted by atomic mass is 35.5. The number of nitrogens with zero attached hydrogens (tertiary/aromatic N) is 6. The third-order valence-corrected chi connectivity index (χ3v) is 8.09. The van der Waals surface area contributed by atoms with Gasteiger partial charge in [0.05, 0.1) is 22.4 Å². The van der Waals surface area contributed by atoms with Crippen molar-refractivity contribution >= 4 is 50.3 Å². The Bertz CT molecular complexity index is 1410.